The van der Waals surface area contributed by atoms with Crippen LogP contribution >= 0.6 is 0 Å². The molecule has 3 atom stereocenters. The van der Waals surface area contributed by atoms with Crippen molar-refractivity contribution >= 4 is 20.0 Å². The van der Waals surface area contributed by atoms with Crippen molar-refractivity contribution in [3.8, 4) is 0 Å². The zero-order valence-electron chi connectivity index (χ0n) is 17.4. The molecule has 150 valence electrons. The van der Waals surface area contributed by atoms with Gasteiger partial charge < -0.3 is 9.47 Å². The molecule has 5 heteroatoms. The second-order valence-corrected chi connectivity index (χ2v) is 14.4. The molecule has 0 radical (unpaired) electrons. The first kappa shape index (κ1) is 21.5. The van der Waals surface area contributed by atoms with Crippen LogP contribution in [-0.2, 0) is 19.1 Å². The molecule has 0 amide bonds. The van der Waals surface area contributed by atoms with Gasteiger partial charge in [0.05, 0.1) is 14.2 Å². The maximum Gasteiger partial charge on any atom is 0.323 e. The number of carbonyl (C=O) groups excluding carboxylic acids is 2. The highest BCUT2D eigenvalue weighted by molar-refractivity contribution is 6.78. The predicted octanol–water partition coefficient (Wildman–Crippen LogP) is 5.04. The van der Waals surface area contributed by atoms with Crippen LogP contribution in [0.1, 0.15) is 58.8 Å². The third-order valence-electron chi connectivity index (χ3n) is 7.80. The number of esters is 2. The minimum absolute atomic E-state index is 0.0992. The number of fused-ring (bicyclic) bond motifs is 1. The average Bonchev–Trinajstić information content (AvgIpc) is 3.02. The lowest BCUT2D eigenvalue weighted by Crippen LogP contribution is -2.46. The molecule has 0 N–H and O–H groups in total. The molecule has 2 fully saturated rings. The Kier molecular flexibility index (Phi) is 7.34. The molecule has 0 aromatic carbocycles. The van der Waals surface area contributed by atoms with Crippen LogP contribution in [0, 0.1) is 23.2 Å². The highest BCUT2D eigenvalue weighted by Crippen LogP contribution is 2.58. The van der Waals surface area contributed by atoms with Gasteiger partial charge in [-0.25, -0.2) is 0 Å². The van der Waals surface area contributed by atoms with Crippen LogP contribution in [0.15, 0.2) is 0 Å². The van der Waals surface area contributed by atoms with E-state index in [2.05, 4.69) is 20.4 Å². The first-order valence-electron chi connectivity index (χ1n) is 10.5. The lowest BCUT2D eigenvalue weighted by molar-refractivity contribution is -0.173. The topological polar surface area (TPSA) is 52.6 Å². The standard InChI is InChI=1S/C21H38O4Si/c1-6-26(5,7-2)14-10-11-16-15-21(19(22)24-3,20(23)25-4)18-13-9-8-12-17(16)18/h16-18H,6-15H2,1-5H3. The molecule has 0 heterocycles. The predicted molar refractivity (Wildman–Crippen MR) is 107 cm³/mol. The zero-order chi connectivity index (χ0) is 19.4. The Morgan fingerprint density at radius 1 is 1.04 bits per heavy atom. The van der Waals surface area contributed by atoms with Gasteiger partial charge in [0.15, 0.2) is 5.41 Å². The van der Waals surface area contributed by atoms with Crippen molar-refractivity contribution in [1.82, 2.24) is 0 Å². The number of methoxy groups -OCH3 is 2. The second kappa shape index (κ2) is 8.90. The number of carbonyl (C=O) groups is 2. The van der Waals surface area contributed by atoms with Crippen molar-refractivity contribution in [2.45, 2.75) is 83.5 Å². The van der Waals surface area contributed by atoms with E-state index in [0.717, 1.165) is 25.7 Å². The van der Waals surface area contributed by atoms with Crippen LogP contribution in [0.3, 0.4) is 0 Å². The van der Waals surface area contributed by atoms with E-state index >= 15 is 0 Å². The molecular weight excluding hydrogens is 344 g/mol. The Morgan fingerprint density at radius 3 is 2.15 bits per heavy atom. The molecule has 0 aliphatic heterocycles. The Bertz CT molecular complexity index is 484. The van der Waals surface area contributed by atoms with E-state index in [0.29, 0.717) is 18.3 Å². The number of ether oxygens (including phenoxy) is 2. The van der Waals surface area contributed by atoms with Gasteiger partial charge in [-0.3, -0.25) is 9.59 Å². The number of hydrogen-bond acceptors (Lipinski definition) is 4. The fourth-order valence-electron chi connectivity index (χ4n) is 5.68. The Labute approximate surface area is 160 Å². The minimum atomic E-state index is -1.09. The molecule has 4 nitrogen and oxygen atoms in total. The average molecular weight is 383 g/mol. The van der Waals surface area contributed by atoms with Crippen molar-refractivity contribution in [1.29, 1.82) is 0 Å². The highest BCUT2D eigenvalue weighted by atomic mass is 28.3. The van der Waals surface area contributed by atoms with E-state index in [1.807, 2.05) is 0 Å². The van der Waals surface area contributed by atoms with Gasteiger partial charge >= 0.3 is 11.9 Å². The number of hydrogen-bond donors (Lipinski definition) is 0. The molecule has 0 saturated heterocycles. The summed E-state index contributed by atoms with van der Waals surface area (Å²) in [6.07, 6.45) is 7.39. The van der Waals surface area contributed by atoms with Crippen LogP contribution in [0.4, 0.5) is 0 Å². The Balaban J connectivity index is 2.18. The lowest BCUT2D eigenvalue weighted by atomic mass is 9.69. The van der Waals surface area contributed by atoms with Crippen molar-refractivity contribution in [2.75, 3.05) is 14.2 Å². The lowest BCUT2D eigenvalue weighted by Gasteiger charge is -2.35. The molecule has 2 aliphatic carbocycles. The van der Waals surface area contributed by atoms with Gasteiger partial charge in [-0.15, -0.1) is 0 Å². The van der Waals surface area contributed by atoms with E-state index < -0.39 is 13.5 Å². The van der Waals surface area contributed by atoms with Gasteiger partial charge in [-0.2, -0.15) is 0 Å². The first-order chi connectivity index (χ1) is 12.4. The van der Waals surface area contributed by atoms with E-state index in [1.54, 1.807) is 0 Å². The number of rotatable bonds is 8. The van der Waals surface area contributed by atoms with Crippen LogP contribution in [-0.4, -0.2) is 34.2 Å². The van der Waals surface area contributed by atoms with Crippen LogP contribution in [0.2, 0.25) is 24.7 Å². The Morgan fingerprint density at radius 2 is 1.62 bits per heavy atom. The summed E-state index contributed by atoms with van der Waals surface area (Å²) in [5, 5.41) is 0. The third kappa shape index (κ3) is 3.88. The summed E-state index contributed by atoms with van der Waals surface area (Å²) in [5.41, 5.74) is -1.06. The molecule has 2 rings (SSSR count). The van der Waals surface area contributed by atoms with Gasteiger partial charge in [0.25, 0.3) is 0 Å². The van der Waals surface area contributed by atoms with Gasteiger partial charge in [-0.1, -0.05) is 64.2 Å². The first-order valence-corrected chi connectivity index (χ1v) is 13.7. The summed E-state index contributed by atoms with van der Waals surface area (Å²) < 4.78 is 10.2. The van der Waals surface area contributed by atoms with E-state index in [1.165, 1.54) is 45.2 Å². The van der Waals surface area contributed by atoms with Crippen molar-refractivity contribution in [2.24, 2.45) is 23.2 Å². The quantitative estimate of drug-likeness (QED) is 0.335. The summed E-state index contributed by atoms with van der Waals surface area (Å²) in [4.78, 5) is 25.5. The maximum atomic E-state index is 12.7. The molecule has 26 heavy (non-hydrogen) atoms. The largest absolute Gasteiger partial charge is 0.468 e. The zero-order valence-corrected chi connectivity index (χ0v) is 18.4. The van der Waals surface area contributed by atoms with Crippen LogP contribution in [0.25, 0.3) is 0 Å². The maximum absolute atomic E-state index is 12.7. The van der Waals surface area contributed by atoms with Crippen LogP contribution < -0.4 is 0 Å². The van der Waals surface area contributed by atoms with Crippen molar-refractivity contribution in [3.05, 3.63) is 0 Å². The molecule has 0 spiro atoms. The molecule has 2 aliphatic rings. The summed E-state index contributed by atoms with van der Waals surface area (Å²) >= 11 is 0. The summed E-state index contributed by atoms with van der Waals surface area (Å²) in [7, 11) is 1.71. The van der Waals surface area contributed by atoms with E-state index in [4.69, 9.17) is 9.47 Å². The summed E-state index contributed by atoms with van der Waals surface area (Å²) in [6.45, 7) is 7.18. The fraction of sp³-hybridized carbons (Fsp3) is 0.905. The van der Waals surface area contributed by atoms with E-state index in [9.17, 15) is 9.59 Å². The Hall–Kier alpha value is -0.843. The SMILES string of the molecule is CC[Si](C)(CC)CCCC1CC(C(=O)OC)(C(=O)OC)C2CCCCC12. The molecule has 0 aromatic rings. The normalized spacial score (nSPS) is 27.7. The van der Waals surface area contributed by atoms with Gasteiger partial charge in [0.1, 0.15) is 0 Å². The minimum Gasteiger partial charge on any atom is -0.468 e. The van der Waals surface area contributed by atoms with Gasteiger partial charge in [0.2, 0.25) is 0 Å². The third-order valence-corrected chi connectivity index (χ3v) is 12.8. The molecular formula is C21H38O4Si. The van der Waals surface area contributed by atoms with E-state index in [-0.39, 0.29) is 17.9 Å². The van der Waals surface area contributed by atoms with Crippen LogP contribution in [0.5, 0.6) is 0 Å². The smallest absolute Gasteiger partial charge is 0.323 e. The van der Waals surface area contributed by atoms with Gasteiger partial charge in [0, 0.05) is 8.07 Å². The molecule has 2 saturated carbocycles. The van der Waals surface area contributed by atoms with Crippen molar-refractivity contribution in [3.63, 3.8) is 0 Å². The van der Waals surface area contributed by atoms with Gasteiger partial charge in [-0.05, 0) is 37.0 Å². The summed E-state index contributed by atoms with van der Waals surface area (Å²) in [5.74, 6) is 0.279. The fourth-order valence-corrected chi connectivity index (χ4v) is 7.94. The highest BCUT2D eigenvalue weighted by Gasteiger charge is 2.63. The molecule has 3 unspecified atom stereocenters. The second-order valence-electron chi connectivity index (χ2n) is 8.88. The van der Waals surface area contributed by atoms with Crippen molar-refractivity contribution < 1.29 is 19.1 Å². The summed E-state index contributed by atoms with van der Waals surface area (Å²) in [6, 6.07) is 4.04. The monoisotopic (exact) mass is 382 g/mol. The molecule has 0 bridgehead atoms. The molecule has 0 aromatic heterocycles.